The van der Waals surface area contributed by atoms with Gasteiger partial charge >= 0.3 is 0 Å². The van der Waals surface area contributed by atoms with Crippen molar-refractivity contribution >= 4 is 10.0 Å². The summed E-state index contributed by atoms with van der Waals surface area (Å²) in [6.07, 6.45) is -0.195. The Morgan fingerprint density at radius 1 is 1.47 bits per heavy atom. The lowest BCUT2D eigenvalue weighted by molar-refractivity contribution is 0.0894. The van der Waals surface area contributed by atoms with E-state index >= 15 is 0 Å². The highest BCUT2D eigenvalue weighted by molar-refractivity contribution is 7.89. The molecule has 96 valence electrons. The van der Waals surface area contributed by atoms with Crippen LogP contribution < -0.4 is 0 Å². The number of aliphatic hydroxyl groups is 1. The molecule has 0 bridgehead atoms. The number of nitrogens with zero attached hydrogens (tertiary/aromatic N) is 1. The molecule has 0 radical (unpaired) electrons. The van der Waals surface area contributed by atoms with E-state index in [1.54, 1.807) is 26.8 Å². The monoisotopic (exact) mass is 259 g/mol. The number of furan rings is 1. The van der Waals surface area contributed by atoms with Gasteiger partial charge in [-0.15, -0.1) is 0 Å². The summed E-state index contributed by atoms with van der Waals surface area (Å²) in [7, 11) is -3.65. The van der Waals surface area contributed by atoms with Crippen LogP contribution in [0.1, 0.15) is 26.0 Å². The van der Waals surface area contributed by atoms with Crippen molar-refractivity contribution in [2.75, 3.05) is 6.54 Å². The average Bonchev–Trinajstić information content (AvgIpc) is 2.73. The van der Waals surface area contributed by atoms with Gasteiger partial charge in [0.05, 0.1) is 11.6 Å². The second kappa shape index (κ2) is 3.83. The fourth-order valence-electron chi connectivity index (χ4n) is 2.14. The summed E-state index contributed by atoms with van der Waals surface area (Å²) < 4.78 is 31.1. The van der Waals surface area contributed by atoms with Gasteiger partial charge in [0, 0.05) is 6.54 Å². The molecule has 0 saturated carbocycles. The molecule has 1 saturated heterocycles. The Morgan fingerprint density at radius 2 is 2.12 bits per heavy atom. The van der Waals surface area contributed by atoms with Crippen LogP contribution in [0, 0.1) is 6.92 Å². The topological polar surface area (TPSA) is 70.8 Å². The van der Waals surface area contributed by atoms with Crippen LogP contribution in [-0.4, -0.2) is 36.0 Å². The molecule has 2 heterocycles. The molecule has 0 aliphatic carbocycles. The van der Waals surface area contributed by atoms with Gasteiger partial charge in [-0.05, 0) is 39.3 Å². The Morgan fingerprint density at radius 3 is 2.53 bits per heavy atom. The number of aryl methyl sites for hydroxylation is 1. The zero-order chi connectivity index (χ0) is 12.8. The lowest BCUT2D eigenvalue weighted by atomic mass is 10.0. The number of aliphatic hydroxyl groups excluding tert-OH is 1. The summed E-state index contributed by atoms with van der Waals surface area (Å²) in [5.74, 6) is 0.557. The second-order valence-corrected chi connectivity index (χ2v) is 6.69. The molecule has 0 spiro atoms. The quantitative estimate of drug-likeness (QED) is 0.864. The zero-order valence-corrected chi connectivity index (χ0v) is 11.0. The van der Waals surface area contributed by atoms with Crippen molar-refractivity contribution in [3.8, 4) is 0 Å². The van der Waals surface area contributed by atoms with Gasteiger partial charge in [0.15, 0.2) is 0 Å². The van der Waals surface area contributed by atoms with E-state index in [1.807, 2.05) is 0 Å². The minimum atomic E-state index is -3.65. The maximum atomic E-state index is 12.3. The number of sulfonamides is 1. The van der Waals surface area contributed by atoms with E-state index in [2.05, 4.69) is 0 Å². The molecule has 1 aromatic rings. The highest BCUT2D eigenvalue weighted by Crippen LogP contribution is 2.34. The van der Waals surface area contributed by atoms with Gasteiger partial charge in [0.25, 0.3) is 10.0 Å². The Kier molecular flexibility index (Phi) is 2.84. The molecule has 0 aromatic carbocycles. The summed E-state index contributed by atoms with van der Waals surface area (Å²) in [4.78, 5) is 0. The van der Waals surface area contributed by atoms with Crippen LogP contribution in [0.4, 0.5) is 0 Å². The second-order valence-electron chi connectivity index (χ2n) is 4.90. The van der Waals surface area contributed by atoms with E-state index in [4.69, 9.17) is 4.42 Å². The molecule has 1 unspecified atom stereocenters. The first-order valence-corrected chi connectivity index (χ1v) is 6.97. The molecule has 1 aromatic heterocycles. The van der Waals surface area contributed by atoms with Crippen molar-refractivity contribution in [1.82, 2.24) is 4.31 Å². The first kappa shape index (κ1) is 12.6. The van der Waals surface area contributed by atoms with Crippen LogP contribution >= 0.6 is 0 Å². The van der Waals surface area contributed by atoms with Gasteiger partial charge in [0.2, 0.25) is 5.09 Å². The van der Waals surface area contributed by atoms with Crippen LogP contribution in [0.15, 0.2) is 21.6 Å². The van der Waals surface area contributed by atoms with Gasteiger partial charge in [-0.1, -0.05) is 0 Å². The average molecular weight is 259 g/mol. The lowest BCUT2D eigenvalue weighted by Gasteiger charge is -2.31. The van der Waals surface area contributed by atoms with Crippen LogP contribution in [0.25, 0.3) is 0 Å². The lowest BCUT2D eigenvalue weighted by Crippen LogP contribution is -2.47. The number of hydrogen-bond donors (Lipinski definition) is 1. The molecule has 1 fully saturated rings. The summed E-state index contributed by atoms with van der Waals surface area (Å²) in [5, 5.41) is 9.75. The van der Waals surface area contributed by atoms with Gasteiger partial charge in [-0.3, -0.25) is 0 Å². The van der Waals surface area contributed by atoms with Crippen LogP contribution in [-0.2, 0) is 10.0 Å². The van der Waals surface area contributed by atoms with Crippen molar-refractivity contribution in [2.24, 2.45) is 0 Å². The number of rotatable bonds is 2. The van der Waals surface area contributed by atoms with E-state index in [0.29, 0.717) is 18.7 Å². The van der Waals surface area contributed by atoms with Gasteiger partial charge in [-0.2, -0.15) is 4.31 Å². The maximum absolute atomic E-state index is 12.3. The third kappa shape index (κ3) is 1.90. The highest BCUT2D eigenvalue weighted by Gasteiger charge is 2.47. The van der Waals surface area contributed by atoms with E-state index in [1.165, 1.54) is 10.4 Å². The summed E-state index contributed by atoms with van der Waals surface area (Å²) >= 11 is 0. The van der Waals surface area contributed by atoms with Crippen molar-refractivity contribution in [1.29, 1.82) is 0 Å². The number of hydrogen-bond acceptors (Lipinski definition) is 4. The molecule has 17 heavy (non-hydrogen) atoms. The first-order chi connectivity index (χ1) is 7.76. The molecule has 1 aliphatic heterocycles. The van der Waals surface area contributed by atoms with E-state index in [-0.39, 0.29) is 5.09 Å². The molecule has 2 rings (SSSR count). The van der Waals surface area contributed by atoms with Gasteiger partial charge < -0.3 is 9.52 Å². The minimum Gasteiger partial charge on any atom is -0.449 e. The molecule has 5 nitrogen and oxygen atoms in total. The fraction of sp³-hybridized carbons (Fsp3) is 0.636. The minimum absolute atomic E-state index is 0.0582. The fourth-order valence-corrected chi connectivity index (χ4v) is 3.92. The predicted octanol–water partition coefficient (Wildman–Crippen LogP) is 1.12. The SMILES string of the molecule is Cc1ccc(S(=O)(=O)N2CCC(O)C2(C)C)o1. The Bertz CT molecular complexity index is 517. The van der Waals surface area contributed by atoms with Crippen molar-refractivity contribution < 1.29 is 17.9 Å². The summed E-state index contributed by atoms with van der Waals surface area (Å²) in [5.41, 5.74) is -0.792. The first-order valence-electron chi connectivity index (χ1n) is 5.53. The summed E-state index contributed by atoms with van der Waals surface area (Å²) in [6, 6.07) is 3.07. The molecule has 1 atom stereocenters. The molecular formula is C11H17NO4S. The third-order valence-corrected chi connectivity index (χ3v) is 5.29. The Hall–Kier alpha value is -0.850. The Labute approximate surface area is 101 Å². The molecule has 1 N–H and O–H groups in total. The standard InChI is InChI=1S/C11H17NO4S/c1-8-4-5-10(16-8)17(14,15)12-7-6-9(13)11(12,2)3/h4-5,9,13H,6-7H2,1-3H3. The van der Waals surface area contributed by atoms with E-state index in [9.17, 15) is 13.5 Å². The van der Waals surface area contributed by atoms with Crippen LogP contribution in [0.5, 0.6) is 0 Å². The zero-order valence-electron chi connectivity index (χ0n) is 10.2. The molecule has 0 amide bonds. The highest BCUT2D eigenvalue weighted by atomic mass is 32.2. The maximum Gasteiger partial charge on any atom is 0.277 e. The van der Waals surface area contributed by atoms with Crippen LogP contribution in [0.3, 0.4) is 0 Å². The molecule has 6 heteroatoms. The van der Waals surface area contributed by atoms with Crippen molar-refractivity contribution in [2.45, 2.75) is 43.9 Å². The van der Waals surface area contributed by atoms with Gasteiger partial charge in [-0.25, -0.2) is 8.42 Å². The van der Waals surface area contributed by atoms with Gasteiger partial charge in [0.1, 0.15) is 5.76 Å². The summed E-state index contributed by atoms with van der Waals surface area (Å²) in [6.45, 7) is 5.45. The van der Waals surface area contributed by atoms with Crippen molar-refractivity contribution in [3.05, 3.63) is 17.9 Å². The Balaban J connectivity index is 2.41. The third-order valence-electron chi connectivity index (χ3n) is 3.32. The smallest absolute Gasteiger partial charge is 0.277 e. The van der Waals surface area contributed by atoms with E-state index < -0.39 is 21.7 Å². The largest absolute Gasteiger partial charge is 0.449 e. The predicted molar refractivity (Wildman–Crippen MR) is 62.0 cm³/mol. The van der Waals surface area contributed by atoms with Crippen LogP contribution in [0.2, 0.25) is 0 Å². The molecule has 1 aliphatic rings. The van der Waals surface area contributed by atoms with E-state index in [0.717, 1.165) is 0 Å². The molecular weight excluding hydrogens is 242 g/mol. The van der Waals surface area contributed by atoms with Crippen molar-refractivity contribution in [3.63, 3.8) is 0 Å². The normalized spacial score (nSPS) is 25.3.